The van der Waals surface area contributed by atoms with Gasteiger partial charge in [-0.15, -0.1) is 0 Å². The Labute approximate surface area is 138 Å². The van der Waals surface area contributed by atoms with Crippen LogP contribution in [-0.4, -0.2) is 38.8 Å². The van der Waals surface area contributed by atoms with Crippen LogP contribution in [-0.2, 0) is 14.8 Å². The number of nitrogens with one attached hydrogen (secondary N) is 1. The molecule has 0 aliphatic heterocycles. The number of amides is 1. The third-order valence-corrected chi connectivity index (χ3v) is 4.23. The van der Waals surface area contributed by atoms with Crippen molar-refractivity contribution in [1.82, 2.24) is 5.32 Å². The van der Waals surface area contributed by atoms with Crippen LogP contribution in [0.25, 0.3) is 0 Å². The number of nitrogens with zero attached hydrogens (tertiary/aromatic N) is 1. The molecule has 0 saturated carbocycles. The molecular weight excluding hydrogens is 316 g/mol. The van der Waals surface area contributed by atoms with Crippen LogP contribution in [0.4, 0.5) is 5.69 Å². The predicted molar refractivity (Wildman–Crippen MR) is 92.3 cm³/mol. The van der Waals surface area contributed by atoms with E-state index in [0.717, 1.165) is 10.6 Å². The molecule has 1 rings (SSSR count). The Kier molecular flexibility index (Phi) is 6.04. The molecule has 0 heterocycles. The fraction of sp³-hybridized carbons (Fsp3) is 0.562. The van der Waals surface area contributed by atoms with E-state index in [1.165, 1.54) is 0 Å². The SMILES string of the molecule is CCOc1ccc(N([C@@H](C)C(=O)NC(C)(C)C)S(C)(=O)=O)cc1. The van der Waals surface area contributed by atoms with E-state index < -0.39 is 21.6 Å². The smallest absolute Gasteiger partial charge is 0.244 e. The molecule has 0 aliphatic rings. The van der Waals surface area contributed by atoms with Gasteiger partial charge in [0.25, 0.3) is 0 Å². The molecule has 23 heavy (non-hydrogen) atoms. The van der Waals surface area contributed by atoms with Crippen LogP contribution in [0.15, 0.2) is 24.3 Å². The number of carbonyl (C=O) groups excluding carboxylic acids is 1. The van der Waals surface area contributed by atoms with E-state index in [0.29, 0.717) is 18.0 Å². The van der Waals surface area contributed by atoms with Crippen LogP contribution in [0, 0.1) is 0 Å². The summed E-state index contributed by atoms with van der Waals surface area (Å²) in [5, 5.41) is 2.80. The average molecular weight is 342 g/mol. The van der Waals surface area contributed by atoms with Crippen molar-refractivity contribution in [2.24, 2.45) is 0 Å². The maximum absolute atomic E-state index is 12.3. The highest BCUT2D eigenvalue weighted by Gasteiger charge is 2.30. The first-order chi connectivity index (χ1) is 10.5. The van der Waals surface area contributed by atoms with Gasteiger partial charge in [0.05, 0.1) is 18.6 Å². The molecule has 0 radical (unpaired) electrons. The monoisotopic (exact) mass is 342 g/mol. The standard InChI is InChI=1S/C16H26N2O4S/c1-7-22-14-10-8-13(9-11-14)18(23(6,20)21)12(2)15(19)17-16(3,4)5/h8-12H,7H2,1-6H3,(H,17,19)/t12-/m0/s1. The van der Waals surface area contributed by atoms with Gasteiger partial charge in [-0.3, -0.25) is 9.10 Å². The summed E-state index contributed by atoms with van der Waals surface area (Å²) in [7, 11) is -3.61. The molecule has 1 aromatic rings. The molecule has 0 spiro atoms. The van der Waals surface area contributed by atoms with Crippen LogP contribution in [0.3, 0.4) is 0 Å². The summed E-state index contributed by atoms with van der Waals surface area (Å²) in [6, 6.07) is 5.78. The minimum Gasteiger partial charge on any atom is -0.494 e. The summed E-state index contributed by atoms with van der Waals surface area (Å²) in [5.74, 6) is 0.299. The molecule has 0 aliphatic carbocycles. The fourth-order valence-corrected chi connectivity index (χ4v) is 3.31. The van der Waals surface area contributed by atoms with Crippen molar-refractivity contribution in [2.75, 3.05) is 17.2 Å². The van der Waals surface area contributed by atoms with Crippen molar-refractivity contribution in [3.8, 4) is 5.75 Å². The van der Waals surface area contributed by atoms with Crippen molar-refractivity contribution in [2.45, 2.75) is 46.2 Å². The topological polar surface area (TPSA) is 75.7 Å². The summed E-state index contributed by atoms with van der Waals surface area (Å²) >= 11 is 0. The molecule has 1 aromatic carbocycles. The highest BCUT2D eigenvalue weighted by Crippen LogP contribution is 2.24. The first kappa shape index (κ1) is 19.3. The molecule has 0 aromatic heterocycles. The second-order valence-corrected chi connectivity index (χ2v) is 8.26. The highest BCUT2D eigenvalue weighted by molar-refractivity contribution is 7.92. The van der Waals surface area contributed by atoms with Gasteiger partial charge in [-0.05, 0) is 58.9 Å². The summed E-state index contributed by atoms with van der Waals surface area (Å²) in [5.41, 5.74) is -0.0135. The number of anilines is 1. The Morgan fingerprint density at radius 2 is 1.78 bits per heavy atom. The first-order valence-corrected chi connectivity index (χ1v) is 9.35. The van der Waals surface area contributed by atoms with Crippen molar-refractivity contribution in [3.05, 3.63) is 24.3 Å². The lowest BCUT2D eigenvalue weighted by Crippen LogP contribution is -2.52. The van der Waals surface area contributed by atoms with Gasteiger partial charge < -0.3 is 10.1 Å². The Bertz CT molecular complexity index is 633. The van der Waals surface area contributed by atoms with Gasteiger partial charge in [0.15, 0.2) is 0 Å². The van der Waals surface area contributed by atoms with E-state index in [1.54, 1.807) is 31.2 Å². The van der Waals surface area contributed by atoms with Crippen molar-refractivity contribution in [3.63, 3.8) is 0 Å². The Balaban J connectivity index is 3.13. The molecular formula is C16H26N2O4S. The third-order valence-electron chi connectivity index (χ3n) is 2.99. The quantitative estimate of drug-likeness (QED) is 0.859. The maximum atomic E-state index is 12.3. The van der Waals surface area contributed by atoms with Gasteiger partial charge in [-0.25, -0.2) is 8.42 Å². The van der Waals surface area contributed by atoms with Gasteiger partial charge >= 0.3 is 0 Å². The molecule has 130 valence electrons. The van der Waals surface area contributed by atoms with Crippen molar-refractivity contribution in [1.29, 1.82) is 0 Å². The van der Waals surface area contributed by atoms with E-state index in [-0.39, 0.29) is 5.91 Å². The van der Waals surface area contributed by atoms with E-state index in [2.05, 4.69) is 5.32 Å². The summed E-state index contributed by atoms with van der Waals surface area (Å²) in [6.07, 6.45) is 1.09. The molecule has 0 fully saturated rings. The van der Waals surface area contributed by atoms with Crippen LogP contribution in [0.2, 0.25) is 0 Å². The lowest BCUT2D eigenvalue weighted by atomic mass is 10.1. The van der Waals surface area contributed by atoms with Gasteiger partial charge in [0.2, 0.25) is 15.9 Å². The van der Waals surface area contributed by atoms with Crippen molar-refractivity contribution < 1.29 is 17.9 Å². The highest BCUT2D eigenvalue weighted by atomic mass is 32.2. The number of carbonyl (C=O) groups is 1. The molecule has 1 atom stereocenters. The number of hydrogen-bond acceptors (Lipinski definition) is 4. The van der Waals surface area contributed by atoms with E-state index >= 15 is 0 Å². The minimum absolute atomic E-state index is 0.350. The molecule has 0 bridgehead atoms. The molecule has 0 saturated heterocycles. The second-order valence-electron chi connectivity index (χ2n) is 6.40. The Hall–Kier alpha value is -1.76. The third kappa shape index (κ3) is 5.74. The summed E-state index contributed by atoms with van der Waals surface area (Å²) < 4.78 is 30.8. The largest absolute Gasteiger partial charge is 0.494 e. The molecule has 0 unspecified atom stereocenters. The van der Waals surface area contributed by atoms with E-state index in [4.69, 9.17) is 4.74 Å². The lowest BCUT2D eigenvalue weighted by molar-refractivity contribution is -0.123. The van der Waals surface area contributed by atoms with Crippen LogP contribution < -0.4 is 14.4 Å². The molecule has 1 N–H and O–H groups in total. The number of sulfonamides is 1. The Morgan fingerprint density at radius 1 is 1.26 bits per heavy atom. The van der Waals surface area contributed by atoms with Crippen LogP contribution >= 0.6 is 0 Å². The van der Waals surface area contributed by atoms with E-state index in [1.807, 2.05) is 27.7 Å². The van der Waals surface area contributed by atoms with Crippen molar-refractivity contribution >= 4 is 21.6 Å². The molecule has 7 heteroatoms. The number of rotatable bonds is 6. The fourth-order valence-electron chi connectivity index (χ4n) is 2.14. The first-order valence-electron chi connectivity index (χ1n) is 7.50. The summed E-state index contributed by atoms with van der Waals surface area (Å²) in [6.45, 7) is 9.51. The maximum Gasteiger partial charge on any atom is 0.244 e. The zero-order valence-corrected chi connectivity index (χ0v) is 15.4. The molecule has 6 nitrogen and oxygen atoms in total. The average Bonchev–Trinajstić information content (AvgIpc) is 2.37. The zero-order valence-electron chi connectivity index (χ0n) is 14.6. The second kappa shape index (κ2) is 7.21. The van der Waals surface area contributed by atoms with Gasteiger partial charge in [0, 0.05) is 5.54 Å². The molecule has 1 amide bonds. The number of ether oxygens (including phenoxy) is 1. The minimum atomic E-state index is -3.61. The summed E-state index contributed by atoms with van der Waals surface area (Å²) in [4.78, 5) is 12.3. The van der Waals surface area contributed by atoms with Gasteiger partial charge in [0.1, 0.15) is 11.8 Å². The Morgan fingerprint density at radius 3 is 2.17 bits per heavy atom. The van der Waals surface area contributed by atoms with Gasteiger partial charge in [-0.2, -0.15) is 0 Å². The van der Waals surface area contributed by atoms with Gasteiger partial charge in [-0.1, -0.05) is 0 Å². The predicted octanol–water partition coefficient (Wildman–Crippen LogP) is 2.15. The number of hydrogen-bond donors (Lipinski definition) is 1. The normalized spacial score (nSPS) is 13.3. The zero-order chi connectivity index (χ0) is 17.8. The number of benzene rings is 1. The van der Waals surface area contributed by atoms with E-state index in [9.17, 15) is 13.2 Å². The van der Waals surface area contributed by atoms with Crippen LogP contribution in [0.1, 0.15) is 34.6 Å². The lowest BCUT2D eigenvalue weighted by Gasteiger charge is -2.31. The van der Waals surface area contributed by atoms with Crippen LogP contribution in [0.5, 0.6) is 5.75 Å².